The smallest absolute Gasteiger partial charge is 0.353 e. The van der Waals surface area contributed by atoms with E-state index in [0.29, 0.717) is 31.0 Å². The van der Waals surface area contributed by atoms with Gasteiger partial charge in [0.2, 0.25) is 17.7 Å². The van der Waals surface area contributed by atoms with Gasteiger partial charge in [0.25, 0.3) is 0 Å². The van der Waals surface area contributed by atoms with Gasteiger partial charge in [-0.15, -0.1) is 11.8 Å². The number of hydrogen-bond donors (Lipinski definition) is 4. The van der Waals surface area contributed by atoms with Crippen LogP contribution in [-0.4, -0.2) is 115 Å². The molecule has 7 atom stereocenters. The first-order chi connectivity index (χ1) is 18.6. The molecule has 0 radical (unpaired) electrons. The Bertz CT molecular complexity index is 1210. The topological polar surface area (TPSA) is 198 Å². The van der Waals surface area contributed by atoms with Crippen molar-refractivity contribution in [3.63, 3.8) is 0 Å². The molecule has 1 aromatic heterocycles. The molecular weight excluding hydrogens is 530 g/mol. The fourth-order valence-corrected chi connectivity index (χ4v) is 7.51. The molecule has 5 rings (SSSR count). The van der Waals surface area contributed by atoms with Crippen LogP contribution < -0.4 is 21.1 Å². The quantitative estimate of drug-likeness (QED) is 0.241. The third-order valence-electron chi connectivity index (χ3n) is 7.91. The Morgan fingerprint density at radius 2 is 2.13 bits per heavy atom. The molecule has 1 unspecified atom stereocenters. The van der Waals surface area contributed by atoms with Crippen molar-refractivity contribution >= 4 is 35.5 Å². The summed E-state index contributed by atoms with van der Waals surface area (Å²) in [5.41, 5.74) is 5.95. The summed E-state index contributed by atoms with van der Waals surface area (Å²) in [5, 5.41) is 26.9. The Hall–Kier alpha value is -3.24. The van der Waals surface area contributed by atoms with Gasteiger partial charge in [0.05, 0.1) is 25.1 Å². The van der Waals surface area contributed by atoms with E-state index in [4.69, 9.17) is 10.5 Å². The van der Waals surface area contributed by atoms with Crippen molar-refractivity contribution in [2.45, 2.75) is 62.7 Å². The van der Waals surface area contributed by atoms with Crippen LogP contribution in [0.3, 0.4) is 0 Å². The van der Waals surface area contributed by atoms with Gasteiger partial charge in [-0.05, 0) is 30.2 Å². The van der Waals surface area contributed by atoms with Crippen LogP contribution in [0.4, 0.5) is 0 Å². The molecule has 0 aliphatic carbocycles. The van der Waals surface area contributed by atoms with Crippen molar-refractivity contribution in [1.29, 1.82) is 0 Å². The minimum atomic E-state index is -1.16. The van der Waals surface area contributed by atoms with Gasteiger partial charge >= 0.3 is 12.0 Å². The highest BCUT2D eigenvalue weighted by Gasteiger charge is 2.60. The first-order valence-corrected chi connectivity index (χ1v) is 13.8. The molecule has 4 aliphatic rings. The first-order valence-electron chi connectivity index (χ1n) is 12.9. The van der Waals surface area contributed by atoms with Gasteiger partial charge in [0.1, 0.15) is 12.2 Å². The highest BCUT2D eigenvalue weighted by Crippen LogP contribution is 2.51. The number of nitrogens with zero attached hydrogens (tertiary/aromatic N) is 6. The number of aliphatic carboxylic acids is 1. The molecule has 3 amide bonds. The zero-order valence-electron chi connectivity index (χ0n) is 21.9. The first kappa shape index (κ1) is 27.3. The summed E-state index contributed by atoms with van der Waals surface area (Å²) >= 11 is 1.43. The summed E-state index contributed by atoms with van der Waals surface area (Å²) < 4.78 is 6.20. The molecule has 39 heavy (non-hydrogen) atoms. The number of hydrogen-bond acceptors (Lipinski definition) is 11. The van der Waals surface area contributed by atoms with Gasteiger partial charge in [0, 0.05) is 47.8 Å². The number of carbonyl (C=O) groups is 4. The summed E-state index contributed by atoms with van der Waals surface area (Å²) in [6, 6.07) is -1.18. The summed E-state index contributed by atoms with van der Waals surface area (Å²) in [6.07, 6.45) is 1.35. The molecular formula is C23H33N9O6S. The lowest BCUT2D eigenvalue weighted by Gasteiger charge is -2.47. The maximum Gasteiger partial charge on any atom is 0.353 e. The summed E-state index contributed by atoms with van der Waals surface area (Å²) in [6.45, 7) is 5.21. The van der Waals surface area contributed by atoms with Gasteiger partial charge in [-0.3, -0.25) is 14.4 Å². The lowest BCUT2D eigenvalue weighted by Crippen LogP contribution is -2.66. The summed E-state index contributed by atoms with van der Waals surface area (Å²) in [7, 11) is 1.39. The van der Waals surface area contributed by atoms with Gasteiger partial charge in [0.15, 0.2) is 0 Å². The predicted octanol–water partition coefficient (Wildman–Crippen LogP) is -2.02. The monoisotopic (exact) mass is 563 g/mol. The molecule has 212 valence electrons. The van der Waals surface area contributed by atoms with Crippen LogP contribution in [0.2, 0.25) is 0 Å². The number of fused-ring (bicyclic) bond motifs is 1. The SMILES string of the molecule is COc1nnnn1CC(=O)N[C@H](C)[C@H]1C(=O)N2C(C(=O)O)=C(S[C@@H]3CN[C@H](C(=O)N4CCC(N)C4)C3)[C@H](C)[C@H]12. The van der Waals surface area contributed by atoms with Crippen molar-refractivity contribution < 1.29 is 29.0 Å². The largest absolute Gasteiger partial charge is 0.477 e. The Morgan fingerprint density at radius 3 is 2.79 bits per heavy atom. The van der Waals surface area contributed by atoms with Crippen molar-refractivity contribution in [3.05, 3.63) is 10.6 Å². The van der Waals surface area contributed by atoms with Crippen LogP contribution in [0.15, 0.2) is 10.6 Å². The van der Waals surface area contributed by atoms with Crippen LogP contribution in [-0.2, 0) is 25.7 Å². The Balaban J connectivity index is 1.23. The number of carboxylic acids is 1. The van der Waals surface area contributed by atoms with Crippen LogP contribution in [0.5, 0.6) is 6.01 Å². The molecule has 3 fully saturated rings. The second kappa shape index (κ2) is 10.7. The molecule has 0 saturated carbocycles. The zero-order chi connectivity index (χ0) is 28.0. The van der Waals surface area contributed by atoms with Gasteiger partial charge in [-0.2, -0.15) is 4.68 Å². The molecule has 0 spiro atoms. The van der Waals surface area contributed by atoms with E-state index in [9.17, 15) is 24.3 Å². The second-order valence-electron chi connectivity index (χ2n) is 10.5. The number of rotatable bonds is 9. The third kappa shape index (κ3) is 4.96. The van der Waals surface area contributed by atoms with Gasteiger partial charge in [-0.1, -0.05) is 12.0 Å². The minimum Gasteiger partial charge on any atom is -0.477 e. The highest BCUT2D eigenvalue weighted by molar-refractivity contribution is 8.03. The van der Waals surface area contributed by atoms with E-state index in [2.05, 4.69) is 26.2 Å². The summed E-state index contributed by atoms with van der Waals surface area (Å²) in [5.74, 6) is -2.70. The van der Waals surface area contributed by atoms with Crippen LogP contribution in [0.25, 0.3) is 0 Å². The number of β-lactam (4-membered cyclic amide) rings is 1. The molecule has 16 heteroatoms. The van der Waals surface area contributed by atoms with Crippen LogP contribution >= 0.6 is 11.8 Å². The number of nitrogens with one attached hydrogen (secondary N) is 2. The molecule has 4 aliphatic heterocycles. The number of aromatic nitrogens is 4. The molecule has 1 aromatic rings. The Morgan fingerprint density at radius 1 is 1.36 bits per heavy atom. The molecule has 3 saturated heterocycles. The van der Waals surface area contributed by atoms with Crippen molar-refractivity contribution in [3.8, 4) is 6.01 Å². The number of tetrazole rings is 1. The number of ether oxygens (including phenoxy) is 1. The van der Waals surface area contributed by atoms with E-state index in [1.54, 1.807) is 11.8 Å². The van der Waals surface area contributed by atoms with Gasteiger partial charge < -0.3 is 36.0 Å². The lowest BCUT2D eigenvalue weighted by molar-refractivity contribution is -0.158. The van der Waals surface area contributed by atoms with E-state index in [1.807, 2.05) is 6.92 Å². The van der Waals surface area contributed by atoms with Crippen molar-refractivity contribution in [2.24, 2.45) is 17.6 Å². The minimum absolute atomic E-state index is 0.00371. The molecule has 0 bridgehead atoms. The number of amides is 3. The maximum atomic E-state index is 13.2. The third-order valence-corrected chi connectivity index (χ3v) is 9.42. The Labute approximate surface area is 228 Å². The van der Waals surface area contributed by atoms with Crippen LogP contribution in [0, 0.1) is 11.8 Å². The van der Waals surface area contributed by atoms with E-state index in [-0.39, 0.29) is 59.4 Å². The highest BCUT2D eigenvalue weighted by atomic mass is 32.2. The molecule has 5 N–H and O–H groups in total. The average molecular weight is 564 g/mol. The summed E-state index contributed by atoms with van der Waals surface area (Å²) in [4.78, 5) is 54.7. The van der Waals surface area contributed by atoms with Crippen molar-refractivity contribution in [1.82, 2.24) is 40.6 Å². The molecule has 5 heterocycles. The van der Waals surface area contributed by atoms with Gasteiger partial charge in [-0.25, -0.2) is 4.79 Å². The fourth-order valence-electron chi connectivity index (χ4n) is 6.03. The average Bonchev–Trinajstić information content (AvgIpc) is 3.67. The maximum absolute atomic E-state index is 13.2. The number of likely N-dealkylation sites (tertiary alicyclic amines) is 1. The lowest BCUT2D eigenvalue weighted by atomic mass is 9.78. The second-order valence-corrected chi connectivity index (χ2v) is 11.8. The normalized spacial score (nSPS) is 30.8. The number of thioether (sulfide) groups is 1. The number of nitrogens with two attached hydrogens (primary N) is 1. The van der Waals surface area contributed by atoms with E-state index >= 15 is 0 Å². The number of carboxylic acid groups (broad SMARTS) is 1. The number of methoxy groups -OCH3 is 1. The van der Waals surface area contributed by atoms with E-state index < -0.39 is 23.8 Å². The molecule has 15 nitrogen and oxygen atoms in total. The predicted molar refractivity (Wildman–Crippen MR) is 137 cm³/mol. The van der Waals surface area contributed by atoms with E-state index in [0.717, 1.165) is 6.42 Å². The standard InChI is InChI=1S/C23H33N9O6S/c1-10-17-16(11(2)26-15(33)9-31-23(38-3)27-28-29-31)21(35)32(17)18(22(36)37)19(10)39-13-6-14(25-7-13)20(34)30-5-4-12(24)8-30/h10-14,16-17,25H,4-9,24H2,1-3H3,(H,26,33)(H,36,37)/t10-,11-,12?,13+,14+,16-,17-/m1/s1. The van der Waals surface area contributed by atoms with Crippen LogP contribution in [0.1, 0.15) is 26.7 Å². The Kier molecular flexibility index (Phi) is 7.52. The number of carbonyl (C=O) groups excluding carboxylic acids is 3. The zero-order valence-corrected chi connectivity index (χ0v) is 22.8. The fraction of sp³-hybridized carbons (Fsp3) is 0.696. The van der Waals surface area contributed by atoms with Crippen molar-refractivity contribution in [2.75, 3.05) is 26.7 Å². The molecule has 0 aromatic carbocycles. The van der Waals surface area contributed by atoms with E-state index in [1.165, 1.54) is 28.5 Å².